The standard InChI is InChI=1S/C15H23ClN2O/c1-10(2)18(15(19)11(3)12(4)17)9-13-6-5-7-14(16)8-13/h5-8,10-12H,9,17H2,1-4H3. The van der Waals surface area contributed by atoms with E-state index in [9.17, 15) is 4.79 Å². The molecule has 2 unspecified atom stereocenters. The predicted octanol–water partition coefficient (Wildman–Crippen LogP) is 3.06. The van der Waals surface area contributed by atoms with Crippen molar-refractivity contribution in [1.29, 1.82) is 0 Å². The van der Waals surface area contributed by atoms with E-state index in [1.54, 1.807) is 0 Å². The lowest BCUT2D eigenvalue weighted by molar-refractivity contribution is -0.137. The number of nitrogens with two attached hydrogens (primary N) is 1. The van der Waals surface area contributed by atoms with Gasteiger partial charge in [0.05, 0.1) is 5.92 Å². The van der Waals surface area contributed by atoms with E-state index in [-0.39, 0.29) is 23.9 Å². The average Bonchev–Trinajstić information content (AvgIpc) is 2.33. The highest BCUT2D eigenvalue weighted by atomic mass is 35.5. The third-order valence-corrected chi connectivity index (χ3v) is 3.56. The van der Waals surface area contributed by atoms with Gasteiger partial charge in [-0.1, -0.05) is 30.7 Å². The fraction of sp³-hybridized carbons (Fsp3) is 0.533. The minimum Gasteiger partial charge on any atom is -0.336 e. The summed E-state index contributed by atoms with van der Waals surface area (Å²) in [6.07, 6.45) is 0. The largest absolute Gasteiger partial charge is 0.336 e. The van der Waals surface area contributed by atoms with Crippen LogP contribution in [0.15, 0.2) is 24.3 Å². The van der Waals surface area contributed by atoms with Crippen molar-refractivity contribution in [3.8, 4) is 0 Å². The Morgan fingerprint density at radius 1 is 1.32 bits per heavy atom. The molecule has 0 spiro atoms. The first-order valence-electron chi connectivity index (χ1n) is 6.63. The minimum absolute atomic E-state index is 0.0879. The van der Waals surface area contributed by atoms with Gasteiger partial charge in [-0.05, 0) is 38.5 Å². The fourth-order valence-electron chi connectivity index (χ4n) is 1.83. The molecule has 0 aliphatic heterocycles. The number of rotatable bonds is 5. The van der Waals surface area contributed by atoms with Crippen molar-refractivity contribution in [2.24, 2.45) is 11.7 Å². The summed E-state index contributed by atoms with van der Waals surface area (Å²) in [4.78, 5) is 14.3. The Morgan fingerprint density at radius 3 is 2.42 bits per heavy atom. The number of amides is 1. The molecule has 19 heavy (non-hydrogen) atoms. The molecule has 4 heteroatoms. The van der Waals surface area contributed by atoms with Crippen LogP contribution in [0, 0.1) is 5.92 Å². The van der Waals surface area contributed by atoms with Crippen molar-refractivity contribution >= 4 is 17.5 Å². The molecular formula is C15H23ClN2O. The Hall–Kier alpha value is -1.06. The van der Waals surface area contributed by atoms with E-state index in [2.05, 4.69) is 0 Å². The molecule has 106 valence electrons. The molecule has 0 saturated carbocycles. The van der Waals surface area contributed by atoms with Gasteiger partial charge in [0.15, 0.2) is 0 Å². The van der Waals surface area contributed by atoms with Crippen LogP contribution in [0.25, 0.3) is 0 Å². The molecule has 2 N–H and O–H groups in total. The molecule has 1 aromatic carbocycles. The summed E-state index contributed by atoms with van der Waals surface area (Å²) in [5.41, 5.74) is 6.86. The zero-order valence-corrected chi connectivity index (χ0v) is 12.8. The monoisotopic (exact) mass is 282 g/mol. The van der Waals surface area contributed by atoms with E-state index in [0.717, 1.165) is 5.56 Å². The molecule has 0 heterocycles. The van der Waals surface area contributed by atoms with Gasteiger partial charge in [-0.2, -0.15) is 0 Å². The summed E-state index contributed by atoms with van der Waals surface area (Å²) in [6.45, 7) is 8.32. The van der Waals surface area contributed by atoms with E-state index >= 15 is 0 Å². The Bertz CT molecular complexity index is 432. The van der Waals surface area contributed by atoms with Crippen molar-refractivity contribution in [3.05, 3.63) is 34.9 Å². The lowest BCUT2D eigenvalue weighted by atomic mass is 10.0. The second kappa shape index (κ2) is 6.92. The lowest BCUT2D eigenvalue weighted by Gasteiger charge is -2.31. The first-order chi connectivity index (χ1) is 8.82. The molecule has 0 radical (unpaired) electrons. The number of halogens is 1. The number of hydrogen-bond donors (Lipinski definition) is 1. The molecular weight excluding hydrogens is 260 g/mol. The smallest absolute Gasteiger partial charge is 0.227 e. The van der Waals surface area contributed by atoms with Crippen LogP contribution in [-0.4, -0.2) is 22.9 Å². The molecule has 1 aromatic rings. The summed E-state index contributed by atoms with van der Waals surface area (Å²) in [5, 5.41) is 0.689. The van der Waals surface area contributed by atoms with E-state index < -0.39 is 0 Å². The third-order valence-electron chi connectivity index (χ3n) is 3.33. The van der Waals surface area contributed by atoms with Crippen molar-refractivity contribution in [3.63, 3.8) is 0 Å². The van der Waals surface area contributed by atoms with Gasteiger partial charge in [0, 0.05) is 23.7 Å². The van der Waals surface area contributed by atoms with Gasteiger partial charge in [0.1, 0.15) is 0 Å². The van der Waals surface area contributed by atoms with Crippen LogP contribution >= 0.6 is 11.6 Å². The number of benzene rings is 1. The fourth-order valence-corrected chi connectivity index (χ4v) is 2.05. The van der Waals surface area contributed by atoms with Crippen molar-refractivity contribution in [2.75, 3.05) is 0 Å². The predicted molar refractivity (Wildman–Crippen MR) is 80.0 cm³/mol. The van der Waals surface area contributed by atoms with Gasteiger partial charge in [-0.3, -0.25) is 4.79 Å². The van der Waals surface area contributed by atoms with Gasteiger partial charge in [0.2, 0.25) is 5.91 Å². The topological polar surface area (TPSA) is 46.3 Å². The molecule has 2 atom stereocenters. The molecule has 0 aliphatic rings. The van der Waals surface area contributed by atoms with Crippen LogP contribution in [0.4, 0.5) is 0 Å². The SMILES string of the molecule is CC(N)C(C)C(=O)N(Cc1cccc(Cl)c1)C(C)C. The van der Waals surface area contributed by atoms with Crippen LogP contribution in [-0.2, 0) is 11.3 Å². The molecule has 1 amide bonds. The Morgan fingerprint density at radius 2 is 1.95 bits per heavy atom. The van der Waals surface area contributed by atoms with Crippen molar-refractivity contribution in [2.45, 2.75) is 46.3 Å². The van der Waals surface area contributed by atoms with Gasteiger partial charge < -0.3 is 10.6 Å². The minimum atomic E-state index is -0.179. The summed E-state index contributed by atoms with van der Waals surface area (Å²) in [7, 11) is 0. The lowest BCUT2D eigenvalue weighted by Crippen LogP contribution is -2.44. The zero-order valence-electron chi connectivity index (χ0n) is 12.1. The van der Waals surface area contributed by atoms with Gasteiger partial charge in [-0.15, -0.1) is 0 Å². The average molecular weight is 283 g/mol. The normalized spacial score (nSPS) is 14.3. The highest BCUT2D eigenvalue weighted by Crippen LogP contribution is 2.17. The number of hydrogen-bond acceptors (Lipinski definition) is 2. The molecule has 0 bridgehead atoms. The van der Waals surface area contributed by atoms with E-state index in [1.165, 1.54) is 0 Å². The summed E-state index contributed by atoms with van der Waals surface area (Å²) >= 11 is 5.98. The molecule has 0 aromatic heterocycles. The van der Waals surface area contributed by atoms with Crippen LogP contribution in [0.5, 0.6) is 0 Å². The molecule has 0 saturated heterocycles. The first-order valence-corrected chi connectivity index (χ1v) is 7.01. The first kappa shape index (κ1) is 16.0. The van der Waals surface area contributed by atoms with Crippen LogP contribution in [0.1, 0.15) is 33.3 Å². The maximum absolute atomic E-state index is 12.4. The molecule has 0 aliphatic carbocycles. The van der Waals surface area contributed by atoms with E-state index in [1.807, 2.05) is 56.9 Å². The van der Waals surface area contributed by atoms with Gasteiger partial charge >= 0.3 is 0 Å². The second-order valence-electron chi connectivity index (χ2n) is 5.34. The molecule has 0 fully saturated rings. The zero-order chi connectivity index (χ0) is 14.6. The van der Waals surface area contributed by atoms with Crippen molar-refractivity contribution in [1.82, 2.24) is 4.90 Å². The summed E-state index contributed by atoms with van der Waals surface area (Å²) in [6, 6.07) is 7.58. The summed E-state index contributed by atoms with van der Waals surface area (Å²) < 4.78 is 0. The highest BCUT2D eigenvalue weighted by Gasteiger charge is 2.25. The van der Waals surface area contributed by atoms with Gasteiger partial charge in [-0.25, -0.2) is 0 Å². The molecule has 3 nitrogen and oxygen atoms in total. The van der Waals surface area contributed by atoms with Crippen LogP contribution < -0.4 is 5.73 Å². The Labute approximate surface area is 120 Å². The maximum atomic E-state index is 12.4. The highest BCUT2D eigenvalue weighted by molar-refractivity contribution is 6.30. The Balaban J connectivity index is 2.87. The molecule has 1 rings (SSSR count). The maximum Gasteiger partial charge on any atom is 0.227 e. The van der Waals surface area contributed by atoms with E-state index in [0.29, 0.717) is 11.6 Å². The number of carbonyl (C=O) groups is 1. The Kier molecular flexibility index (Phi) is 5.83. The van der Waals surface area contributed by atoms with Crippen molar-refractivity contribution < 1.29 is 4.79 Å². The van der Waals surface area contributed by atoms with E-state index in [4.69, 9.17) is 17.3 Å². The number of carbonyl (C=O) groups excluding carboxylic acids is 1. The second-order valence-corrected chi connectivity index (χ2v) is 5.77. The van der Waals surface area contributed by atoms with Crippen LogP contribution in [0.2, 0.25) is 5.02 Å². The van der Waals surface area contributed by atoms with Gasteiger partial charge in [0.25, 0.3) is 0 Å². The number of nitrogens with zero attached hydrogens (tertiary/aromatic N) is 1. The van der Waals surface area contributed by atoms with Crippen LogP contribution in [0.3, 0.4) is 0 Å². The third kappa shape index (κ3) is 4.51. The quantitative estimate of drug-likeness (QED) is 0.902. The summed E-state index contributed by atoms with van der Waals surface area (Å²) in [5.74, 6) is -0.0911.